The first-order valence-electron chi connectivity index (χ1n) is 5.51. The fourth-order valence-corrected chi connectivity index (χ4v) is 2.19. The van der Waals surface area contributed by atoms with Gasteiger partial charge in [-0.1, -0.05) is 0 Å². The number of halogens is 1. The number of nitrogens with one attached hydrogen (secondary N) is 2. The lowest BCUT2D eigenvalue weighted by atomic mass is 10.1. The minimum absolute atomic E-state index is 0.114. The second-order valence-corrected chi connectivity index (χ2v) is 4.98. The Hall–Kier alpha value is -1.30. The second-order valence-electron chi connectivity index (χ2n) is 4.19. The van der Waals surface area contributed by atoms with Crippen LogP contribution in [0.4, 0.5) is 11.5 Å². The first-order valence-corrected chi connectivity index (χ1v) is 6.31. The SMILES string of the molecule is Cc1c(N)cnc(NC2CCC(=O)NC2)c1Br. The molecule has 17 heavy (non-hydrogen) atoms. The fourth-order valence-electron chi connectivity index (χ4n) is 1.74. The first kappa shape index (κ1) is 12.2. The highest BCUT2D eigenvalue weighted by Gasteiger charge is 2.19. The van der Waals surface area contributed by atoms with Crippen molar-refractivity contribution >= 4 is 33.3 Å². The molecular formula is C11H15BrN4O. The number of carbonyl (C=O) groups excluding carboxylic acids is 1. The minimum Gasteiger partial charge on any atom is -0.397 e. The zero-order chi connectivity index (χ0) is 12.4. The Balaban J connectivity index is 2.09. The maximum Gasteiger partial charge on any atom is 0.220 e. The summed E-state index contributed by atoms with van der Waals surface area (Å²) in [6, 6.07) is 0.222. The van der Waals surface area contributed by atoms with Gasteiger partial charge in [0.05, 0.1) is 16.4 Å². The maximum atomic E-state index is 11.0. The molecule has 1 saturated heterocycles. The van der Waals surface area contributed by atoms with Crippen molar-refractivity contribution in [3.63, 3.8) is 0 Å². The average Bonchev–Trinajstić information content (AvgIpc) is 2.33. The molecule has 0 saturated carbocycles. The van der Waals surface area contributed by atoms with Gasteiger partial charge in [0.2, 0.25) is 5.91 Å². The smallest absolute Gasteiger partial charge is 0.220 e. The Bertz CT molecular complexity index is 439. The first-order chi connectivity index (χ1) is 8.08. The van der Waals surface area contributed by atoms with Crippen molar-refractivity contribution in [2.24, 2.45) is 0 Å². The quantitative estimate of drug-likeness (QED) is 0.771. The van der Waals surface area contributed by atoms with Gasteiger partial charge in [0.15, 0.2) is 0 Å². The molecule has 1 amide bonds. The zero-order valence-electron chi connectivity index (χ0n) is 9.59. The van der Waals surface area contributed by atoms with E-state index in [1.54, 1.807) is 6.20 Å². The van der Waals surface area contributed by atoms with E-state index in [0.717, 1.165) is 22.3 Å². The number of nitrogen functional groups attached to an aromatic ring is 1. The topological polar surface area (TPSA) is 80.0 Å². The van der Waals surface area contributed by atoms with Crippen LogP contribution in [0.3, 0.4) is 0 Å². The number of nitrogens with zero attached hydrogens (tertiary/aromatic N) is 1. The number of pyridine rings is 1. The Kier molecular flexibility index (Phi) is 3.51. The molecule has 4 N–H and O–H groups in total. The van der Waals surface area contributed by atoms with Crippen molar-refractivity contribution in [2.75, 3.05) is 17.6 Å². The van der Waals surface area contributed by atoms with E-state index in [0.29, 0.717) is 18.7 Å². The van der Waals surface area contributed by atoms with Crippen LogP contribution in [0, 0.1) is 6.92 Å². The van der Waals surface area contributed by atoms with Crippen LogP contribution in [0.5, 0.6) is 0 Å². The van der Waals surface area contributed by atoms with Gasteiger partial charge >= 0.3 is 0 Å². The van der Waals surface area contributed by atoms with E-state index in [-0.39, 0.29) is 11.9 Å². The van der Waals surface area contributed by atoms with Gasteiger partial charge in [-0.15, -0.1) is 0 Å². The third-order valence-corrected chi connectivity index (χ3v) is 3.88. The number of hydrogen-bond donors (Lipinski definition) is 3. The van der Waals surface area contributed by atoms with Crippen LogP contribution >= 0.6 is 15.9 Å². The molecule has 1 aliphatic heterocycles. The van der Waals surface area contributed by atoms with Crippen LogP contribution in [-0.2, 0) is 4.79 Å². The molecule has 0 bridgehead atoms. The molecule has 0 aliphatic carbocycles. The predicted molar refractivity (Wildman–Crippen MR) is 70.7 cm³/mol. The van der Waals surface area contributed by atoms with Crippen LogP contribution in [0.15, 0.2) is 10.7 Å². The van der Waals surface area contributed by atoms with Crippen LogP contribution in [0.2, 0.25) is 0 Å². The van der Waals surface area contributed by atoms with E-state index in [2.05, 4.69) is 31.5 Å². The molecule has 92 valence electrons. The Morgan fingerprint density at radius 2 is 2.41 bits per heavy atom. The number of carbonyl (C=O) groups is 1. The Morgan fingerprint density at radius 3 is 3.06 bits per heavy atom. The van der Waals surface area contributed by atoms with E-state index in [1.165, 1.54) is 0 Å². The maximum absolute atomic E-state index is 11.0. The molecule has 1 aliphatic rings. The van der Waals surface area contributed by atoms with Crippen LogP contribution in [0.1, 0.15) is 18.4 Å². The zero-order valence-corrected chi connectivity index (χ0v) is 11.2. The van der Waals surface area contributed by atoms with Crippen LogP contribution in [-0.4, -0.2) is 23.5 Å². The summed E-state index contributed by atoms with van der Waals surface area (Å²) in [5.41, 5.74) is 7.40. The molecule has 0 aromatic carbocycles. The van der Waals surface area contributed by atoms with Gasteiger partial charge in [-0.05, 0) is 34.8 Å². The van der Waals surface area contributed by atoms with E-state index in [4.69, 9.17) is 5.73 Å². The van der Waals surface area contributed by atoms with Crippen LogP contribution in [0.25, 0.3) is 0 Å². The van der Waals surface area contributed by atoms with Gasteiger partial charge in [-0.2, -0.15) is 0 Å². The lowest BCUT2D eigenvalue weighted by molar-refractivity contribution is -0.122. The van der Waals surface area contributed by atoms with Gasteiger partial charge in [0, 0.05) is 19.0 Å². The van der Waals surface area contributed by atoms with E-state index >= 15 is 0 Å². The van der Waals surface area contributed by atoms with E-state index < -0.39 is 0 Å². The number of nitrogens with two attached hydrogens (primary N) is 1. The van der Waals surface area contributed by atoms with Gasteiger partial charge in [0.1, 0.15) is 5.82 Å². The lowest BCUT2D eigenvalue weighted by Crippen LogP contribution is -2.42. The number of aromatic nitrogens is 1. The summed E-state index contributed by atoms with van der Waals surface area (Å²) in [6.45, 7) is 2.57. The molecule has 1 unspecified atom stereocenters. The molecule has 2 heterocycles. The monoisotopic (exact) mass is 298 g/mol. The van der Waals surface area contributed by atoms with Crippen molar-refractivity contribution in [3.05, 3.63) is 16.2 Å². The standard InChI is InChI=1S/C11H15BrN4O/c1-6-8(13)5-15-11(10(6)12)16-7-2-3-9(17)14-4-7/h5,7H,2-4,13H2,1H3,(H,14,17)(H,15,16). The summed E-state index contributed by atoms with van der Waals surface area (Å²) in [6.07, 6.45) is 3.02. The van der Waals surface area contributed by atoms with Gasteiger partial charge in [-0.3, -0.25) is 4.79 Å². The summed E-state index contributed by atoms with van der Waals surface area (Å²) in [7, 11) is 0. The number of hydrogen-bond acceptors (Lipinski definition) is 4. The Labute approximate surface area is 108 Å². The van der Waals surface area contributed by atoms with Crippen molar-refractivity contribution in [1.82, 2.24) is 10.3 Å². The largest absolute Gasteiger partial charge is 0.397 e. The molecule has 2 rings (SSSR count). The predicted octanol–water partition coefficient (Wildman–Crippen LogP) is 1.43. The number of anilines is 2. The van der Waals surface area contributed by atoms with Gasteiger partial charge in [-0.25, -0.2) is 4.98 Å². The highest BCUT2D eigenvalue weighted by atomic mass is 79.9. The van der Waals surface area contributed by atoms with Gasteiger partial charge in [0.25, 0.3) is 0 Å². The molecule has 5 nitrogen and oxygen atoms in total. The number of piperidine rings is 1. The lowest BCUT2D eigenvalue weighted by Gasteiger charge is -2.24. The summed E-state index contributed by atoms with van der Waals surface area (Å²) >= 11 is 3.48. The van der Waals surface area contributed by atoms with E-state index in [9.17, 15) is 4.79 Å². The van der Waals surface area contributed by atoms with Crippen molar-refractivity contribution < 1.29 is 4.79 Å². The van der Waals surface area contributed by atoms with E-state index in [1.807, 2.05) is 6.92 Å². The molecule has 1 atom stereocenters. The third-order valence-electron chi connectivity index (χ3n) is 2.91. The Morgan fingerprint density at radius 1 is 1.65 bits per heavy atom. The molecule has 6 heteroatoms. The highest BCUT2D eigenvalue weighted by molar-refractivity contribution is 9.10. The van der Waals surface area contributed by atoms with Crippen LogP contribution < -0.4 is 16.4 Å². The summed E-state index contributed by atoms with van der Waals surface area (Å²) < 4.78 is 0.884. The highest BCUT2D eigenvalue weighted by Crippen LogP contribution is 2.28. The average molecular weight is 299 g/mol. The van der Waals surface area contributed by atoms with Gasteiger partial charge < -0.3 is 16.4 Å². The van der Waals surface area contributed by atoms with Crippen molar-refractivity contribution in [2.45, 2.75) is 25.8 Å². The van der Waals surface area contributed by atoms with Crippen molar-refractivity contribution in [1.29, 1.82) is 0 Å². The second kappa shape index (κ2) is 4.91. The fraction of sp³-hybridized carbons (Fsp3) is 0.455. The molecule has 0 radical (unpaired) electrons. The summed E-state index contributed by atoms with van der Waals surface area (Å²) in [5, 5.41) is 6.14. The van der Waals surface area contributed by atoms with Crippen molar-refractivity contribution in [3.8, 4) is 0 Å². The summed E-state index contributed by atoms with van der Waals surface area (Å²) in [4.78, 5) is 15.3. The number of amides is 1. The molecule has 1 fully saturated rings. The molecule has 0 spiro atoms. The number of rotatable bonds is 2. The third kappa shape index (κ3) is 2.69. The molecule has 1 aromatic rings. The normalized spacial score (nSPS) is 19.9. The summed E-state index contributed by atoms with van der Waals surface area (Å²) in [5.74, 6) is 0.890. The minimum atomic E-state index is 0.114. The molecule has 1 aromatic heterocycles. The molecular weight excluding hydrogens is 284 g/mol.